The van der Waals surface area contributed by atoms with Crippen LogP contribution in [0.2, 0.25) is 0 Å². The van der Waals surface area contributed by atoms with Gasteiger partial charge in [-0.3, -0.25) is 9.59 Å². The summed E-state index contributed by atoms with van der Waals surface area (Å²) < 4.78 is 4.07. The van der Waals surface area contributed by atoms with Crippen LogP contribution in [0.3, 0.4) is 0 Å². The van der Waals surface area contributed by atoms with E-state index in [9.17, 15) is 28.8 Å². The lowest BCUT2D eigenvalue weighted by atomic mass is 10.1. The summed E-state index contributed by atoms with van der Waals surface area (Å²) in [4.78, 5) is 77.5. The van der Waals surface area contributed by atoms with Crippen molar-refractivity contribution in [1.29, 1.82) is 0 Å². The van der Waals surface area contributed by atoms with Crippen LogP contribution in [0, 0.1) is 27.7 Å². The molecule has 6 N–H and O–H groups in total. The van der Waals surface area contributed by atoms with Crippen molar-refractivity contribution in [3.8, 4) is 22.5 Å². The fourth-order valence-electron chi connectivity index (χ4n) is 6.25. The number of pyridine rings is 2. The third-order valence-electron chi connectivity index (χ3n) is 10.2. The van der Waals surface area contributed by atoms with Gasteiger partial charge in [0.25, 0.3) is 0 Å². The van der Waals surface area contributed by atoms with Gasteiger partial charge in [0.05, 0.1) is 46.7 Å². The first-order chi connectivity index (χ1) is 32.0. The number of hydrogen-bond donors (Lipinski definition) is 6. The van der Waals surface area contributed by atoms with Crippen LogP contribution >= 0.6 is 0 Å². The van der Waals surface area contributed by atoms with E-state index in [0.717, 1.165) is 56.3 Å². The SMILES string of the molecule is Cc1ccc(-c2nc3ccc(C)cn3c2CC(=O)N(C)C)cc1.Cc1ccc(-c2nc3ccc(C)cn3c2CC(=O)N(C)C)cc1.O=C(O)C(O)C(O)C(=O)O.O=C(O)c1ccc(C(=O)O)cc1. The molecule has 0 spiro atoms. The molecule has 0 fully saturated rings. The number of nitrogens with zero attached hydrogens (tertiary/aromatic N) is 6. The van der Waals surface area contributed by atoms with Crippen LogP contribution in [0.5, 0.6) is 0 Å². The number of aryl methyl sites for hydroxylation is 4. The maximum absolute atomic E-state index is 12.3. The monoisotopic (exact) mass is 930 g/mol. The molecule has 0 saturated heterocycles. The van der Waals surface area contributed by atoms with E-state index in [-0.39, 0.29) is 22.9 Å². The first-order valence-electron chi connectivity index (χ1n) is 20.9. The second-order valence-electron chi connectivity index (χ2n) is 16.1. The molecule has 18 heteroatoms. The molecule has 68 heavy (non-hydrogen) atoms. The molecule has 7 rings (SSSR count). The van der Waals surface area contributed by atoms with Crippen molar-refractivity contribution in [2.24, 2.45) is 0 Å². The number of aliphatic hydroxyl groups excluding tert-OH is 2. The van der Waals surface area contributed by atoms with E-state index < -0.39 is 36.1 Å². The van der Waals surface area contributed by atoms with Crippen molar-refractivity contribution < 1.29 is 59.4 Å². The molecule has 7 aromatic rings. The fourth-order valence-corrected chi connectivity index (χ4v) is 6.25. The molecule has 0 bridgehead atoms. The molecule has 3 aromatic carbocycles. The van der Waals surface area contributed by atoms with Gasteiger partial charge in [0.1, 0.15) is 11.3 Å². The highest BCUT2D eigenvalue weighted by Crippen LogP contribution is 2.28. The summed E-state index contributed by atoms with van der Waals surface area (Å²) in [6, 6.07) is 29.6. The summed E-state index contributed by atoms with van der Waals surface area (Å²) in [6.07, 6.45) is 0.216. The Hall–Kier alpha value is -8.22. The second kappa shape index (κ2) is 23.3. The molecule has 0 aliphatic carbocycles. The molecular weight excluding hydrogens is 877 g/mol. The van der Waals surface area contributed by atoms with E-state index >= 15 is 0 Å². The number of carbonyl (C=O) groups is 6. The number of fused-ring (bicyclic) bond motifs is 2. The molecule has 0 aliphatic rings. The summed E-state index contributed by atoms with van der Waals surface area (Å²) in [7, 11) is 7.12. The number of rotatable bonds is 11. The number of likely N-dealkylation sites (N-methyl/N-ethyl adjacent to an activating group) is 2. The van der Waals surface area contributed by atoms with Gasteiger partial charge in [-0.2, -0.15) is 0 Å². The molecular formula is C50H54N6O12. The maximum atomic E-state index is 12.3. The number of carbonyl (C=O) groups excluding carboxylic acids is 2. The van der Waals surface area contributed by atoms with Gasteiger partial charge < -0.3 is 49.2 Å². The molecule has 2 unspecified atom stereocenters. The minimum absolute atomic E-state index is 0.0710. The van der Waals surface area contributed by atoms with E-state index in [0.29, 0.717) is 12.8 Å². The van der Waals surface area contributed by atoms with Crippen molar-refractivity contribution in [3.63, 3.8) is 0 Å². The normalized spacial score (nSPS) is 11.4. The average molecular weight is 931 g/mol. The lowest BCUT2D eigenvalue weighted by Gasteiger charge is -2.11. The second-order valence-corrected chi connectivity index (χ2v) is 16.1. The highest BCUT2D eigenvalue weighted by molar-refractivity contribution is 5.91. The Morgan fingerprint density at radius 2 is 0.765 bits per heavy atom. The molecule has 2 atom stereocenters. The number of aliphatic carboxylic acids is 2. The van der Waals surface area contributed by atoms with Gasteiger partial charge in [-0.1, -0.05) is 71.8 Å². The quantitative estimate of drug-likeness (QED) is 0.0942. The van der Waals surface area contributed by atoms with Crippen LogP contribution in [0.25, 0.3) is 33.8 Å². The Labute approximate surface area is 391 Å². The maximum Gasteiger partial charge on any atom is 0.335 e. The van der Waals surface area contributed by atoms with Gasteiger partial charge in [0, 0.05) is 51.7 Å². The minimum atomic E-state index is -2.27. The molecule has 2 amide bonds. The van der Waals surface area contributed by atoms with Gasteiger partial charge in [-0.05, 0) is 75.2 Å². The zero-order chi connectivity index (χ0) is 50.6. The fraction of sp³-hybridized carbons (Fsp3) is 0.240. The van der Waals surface area contributed by atoms with Crippen LogP contribution in [0.4, 0.5) is 0 Å². The molecule has 4 aromatic heterocycles. The number of aromatic carboxylic acids is 2. The summed E-state index contributed by atoms with van der Waals surface area (Å²) in [5.41, 5.74) is 12.3. The van der Waals surface area contributed by atoms with E-state index in [4.69, 9.17) is 40.6 Å². The van der Waals surface area contributed by atoms with Gasteiger partial charge in [-0.25, -0.2) is 29.1 Å². The van der Waals surface area contributed by atoms with Gasteiger partial charge in [0.15, 0.2) is 12.2 Å². The number of aliphatic hydroxyl groups is 2. The summed E-state index contributed by atoms with van der Waals surface area (Å²) in [5.74, 6) is -5.52. The van der Waals surface area contributed by atoms with Gasteiger partial charge >= 0.3 is 23.9 Å². The number of amides is 2. The van der Waals surface area contributed by atoms with E-state index in [1.54, 1.807) is 38.0 Å². The first-order valence-corrected chi connectivity index (χ1v) is 20.9. The van der Waals surface area contributed by atoms with Crippen molar-refractivity contribution in [2.75, 3.05) is 28.2 Å². The average Bonchev–Trinajstić information content (AvgIpc) is 3.83. The molecule has 0 aliphatic heterocycles. The first kappa shape index (κ1) is 52.4. The summed E-state index contributed by atoms with van der Waals surface area (Å²) >= 11 is 0. The predicted molar refractivity (Wildman–Crippen MR) is 253 cm³/mol. The van der Waals surface area contributed by atoms with E-state index in [1.807, 2.05) is 59.3 Å². The smallest absolute Gasteiger partial charge is 0.335 e. The molecule has 356 valence electrons. The molecule has 18 nitrogen and oxygen atoms in total. The van der Waals surface area contributed by atoms with Crippen LogP contribution < -0.4 is 0 Å². The largest absolute Gasteiger partial charge is 0.479 e. The van der Waals surface area contributed by atoms with Crippen LogP contribution in [-0.4, -0.2) is 135 Å². The van der Waals surface area contributed by atoms with Crippen molar-refractivity contribution in [2.45, 2.75) is 52.7 Å². The topological polar surface area (TPSA) is 265 Å². The van der Waals surface area contributed by atoms with Crippen LogP contribution in [-0.2, 0) is 32.0 Å². The Morgan fingerprint density at radius 3 is 1.03 bits per heavy atom. The number of hydrogen-bond acceptors (Lipinski definition) is 10. The van der Waals surface area contributed by atoms with Crippen LogP contribution in [0.1, 0.15) is 54.4 Å². The lowest BCUT2D eigenvalue weighted by Crippen LogP contribution is -2.39. The predicted octanol–water partition coefficient (Wildman–Crippen LogP) is 5.46. The third kappa shape index (κ3) is 13.9. The zero-order valence-electron chi connectivity index (χ0n) is 38.8. The van der Waals surface area contributed by atoms with Gasteiger partial charge in [-0.15, -0.1) is 0 Å². The van der Waals surface area contributed by atoms with Crippen LogP contribution in [0.15, 0.2) is 109 Å². The zero-order valence-corrected chi connectivity index (χ0v) is 38.8. The van der Waals surface area contributed by atoms with Crippen molar-refractivity contribution in [3.05, 3.63) is 154 Å². The number of imidazole rings is 2. The molecule has 4 heterocycles. The Kier molecular flexibility index (Phi) is 18.0. The lowest BCUT2D eigenvalue weighted by molar-refractivity contribution is -0.165. The van der Waals surface area contributed by atoms with Gasteiger partial charge in [0.2, 0.25) is 11.8 Å². The Balaban J connectivity index is 0.000000210. The molecule has 0 saturated carbocycles. The van der Waals surface area contributed by atoms with Crippen molar-refractivity contribution >= 4 is 47.0 Å². The standard InChI is InChI=1S/2C19H21N3O.C8H6O4.C4H6O6/c2*1-13-5-8-15(9-6-13)19-16(11-18(23)21(3)4)22-12-14(2)7-10-17(22)20-19;9-7(10)5-1-2-6(4-3-5)8(11)12;5-1(3(7)8)2(6)4(9)10/h2*5-10,12H,11H2,1-4H3;1-4H,(H,9,10)(H,11,12);1-2,5-6H,(H,7,8)(H,9,10). The number of aromatic nitrogens is 4. The highest BCUT2D eigenvalue weighted by atomic mass is 16.4. The Bertz CT molecular complexity index is 2720. The minimum Gasteiger partial charge on any atom is -0.479 e. The summed E-state index contributed by atoms with van der Waals surface area (Å²) in [5, 5.41) is 49.5. The molecule has 0 radical (unpaired) electrons. The highest BCUT2D eigenvalue weighted by Gasteiger charge is 2.29. The number of carboxylic acids is 4. The number of benzene rings is 3. The Morgan fingerprint density at radius 1 is 0.471 bits per heavy atom. The number of carboxylic acid groups (broad SMARTS) is 4. The third-order valence-corrected chi connectivity index (χ3v) is 10.2. The summed E-state index contributed by atoms with van der Waals surface area (Å²) in [6.45, 7) is 8.21. The van der Waals surface area contributed by atoms with E-state index in [2.05, 4.69) is 62.4 Å². The van der Waals surface area contributed by atoms with E-state index in [1.165, 1.54) is 35.4 Å². The van der Waals surface area contributed by atoms with Crippen molar-refractivity contribution in [1.82, 2.24) is 28.6 Å².